The summed E-state index contributed by atoms with van der Waals surface area (Å²) in [4.78, 5) is 28.4. The molecule has 1 aromatic rings. The summed E-state index contributed by atoms with van der Waals surface area (Å²) in [5, 5.41) is 12.7. The quantitative estimate of drug-likeness (QED) is 0.804. The van der Waals surface area contributed by atoms with Crippen LogP contribution in [0.15, 0.2) is 24.3 Å². The number of carboxylic acids is 1. The molecule has 3 rings (SSSR count). The van der Waals surface area contributed by atoms with Crippen LogP contribution in [0.1, 0.15) is 44.2 Å². The molecule has 6 heteroatoms. The largest absolute Gasteiger partial charge is 0.481 e. The molecule has 2 N–H and O–H groups in total. The van der Waals surface area contributed by atoms with Crippen LogP contribution in [0.25, 0.3) is 0 Å². The van der Waals surface area contributed by atoms with Gasteiger partial charge >= 0.3 is 12.0 Å². The Morgan fingerprint density at radius 3 is 2.67 bits per heavy atom. The van der Waals surface area contributed by atoms with E-state index in [0.717, 1.165) is 24.9 Å². The van der Waals surface area contributed by atoms with Gasteiger partial charge in [0.05, 0.1) is 5.41 Å². The van der Waals surface area contributed by atoms with Gasteiger partial charge in [-0.3, -0.25) is 9.69 Å². The Labute approximate surface area is 161 Å². The third-order valence-corrected chi connectivity index (χ3v) is 6.43. The Balaban J connectivity index is 1.61. The molecule has 6 nitrogen and oxygen atoms in total. The van der Waals surface area contributed by atoms with Gasteiger partial charge in [-0.15, -0.1) is 0 Å². The second-order valence-corrected chi connectivity index (χ2v) is 8.37. The molecule has 0 spiro atoms. The molecule has 0 bridgehead atoms. The molecule has 2 amide bonds. The van der Waals surface area contributed by atoms with Gasteiger partial charge in [0.15, 0.2) is 0 Å². The monoisotopic (exact) mass is 373 g/mol. The third-order valence-electron chi connectivity index (χ3n) is 6.43. The van der Waals surface area contributed by atoms with Gasteiger partial charge < -0.3 is 15.3 Å². The van der Waals surface area contributed by atoms with E-state index in [9.17, 15) is 14.7 Å². The van der Waals surface area contributed by atoms with Crippen molar-refractivity contribution in [1.82, 2.24) is 15.1 Å². The van der Waals surface area contributed by atoms with Gasteiger partial charge in [-0.25, -0.2) is 4.79 Å². The number of nitrogens with one attached hydrogen (secondary N) is 1. The summed E-state index contributed by atoms with van der Waals surface area (Å²) >= 11 is 0. The number of rotatable bonds is 6. The number of carboxylic acid groups (broad SMARTS) is 1. The van der Waals surface area contributed by atoms with Crippen LogP contribution in [0, 0.1) is 11.3 Å². The minimum Gasteiger partial charge on any atom is -0.481 e. The number of fused-ring (bicyclic) bond motifs is 1. The number of aliphatic carboxylic acids is 1. The van der Waals surface area contributed by atoms with Crippen LogP contribution >= 0.6 is 0 Å². The maximum absolute atomic E-state index is 12.7. The van der Waals surface area contributed by atoms with Crippen LogP contribution in [-0.4, -0.2) is 53.1 Å². The first-order valence-corrected chi connectivity index (χ1v) is 9.86. The Morgan fingerprint density at radius 2 is 2.04 bits per heavy atom. The van der Waals surface area contributed by atoms with Crippen LogP contribution in [0.2, 0.25) is 0 Å². The Morgan fingerprint density at radius 1 is 1.33 bits per heavy atom. The van der Waals surface area contributed by atoms with E-state index >= 15 is 0 Å². The van der Waals surface area contributed by atoms with Crippen molar-refractivity contribution in [2.75, 3.05) is 20.1 Å². The van der Waals surface area contributed by atoms with E-state index in [1.54, 1.807) is 4.90 Å². The molecule has 1 saturated heterocycles. The number of hydrogen-bond acceptors (Lipinski definition) is 3. The normalized spacial score (nSPS) is 24.5. The van der Waals surface area contributed by atoms with Crippen molar-refractivity contribution in [3.63, 3.8) is 0 Å². The molecule has 0 radical (unpaired) electrons. The Bertz CT molecular complexity index is 706. The summed E-state index contributed by atoms with van der Waals surface area (Å²) in [6.45, 7) is 6.49. The van der Waals surface area contributed by atoms with Gasteiger partial charge in [0.1, 0.15) is 0 Å². The SMILES string of the molecule is CC(C)N(C)Cc1ccccc1CNC(=O)N1C[C@@H]2CCC[C@@]2(C(=O)O)C1. The number of carbonyl (C=O) groups is 2. The van der Waals surface area contributed by atoms with Gasteiger partial charge in [-0.05, 0) is 50.8 Å². The van der Waals surface area contributed by atoms with Crippen molar-refractivity contribution < 1.29 is 14.7 Å². The number of carbonyl (C=O) groups excluding carboxylic acids is 1. The van der Waals surface area contributed by atoms with E-state index in [1.807, 2.05) is 18.2 Å². The zero-order chi connectivity index (χ0) is 19.6. The van der Waals surface area contributed by atoms with Crippen molar-refractivity contribution >= 4 is 12.0 Å². The lowest BCUT2D eigenvalue weighted by Gasteiger charge is -2.24. The Hall–Kier alpha value is -2.08. The molecule has 2 aliphatic rings. The first kappa shape index (κ1) is 19.7. The molecule has 2 atom stereocenters. The minimum absolute atomic E-state index is 0.0905. The van der Waals surface area contributed by atoms with Crippen molar-refractivity contribution in [2.45, 2.75) is 52.2 Å². The summed E-state index contributed by atoms with van der Waals surface area (Å²) in [6.07, 6.45) is 2.53. The second kappa shape index (κ2) is 7.89. The number of nitrogens with zero attached hydrogens (tertiary/aromatic N) is 2. The highest BCUT2D eigenvalue weighted by molar-refractivity contribution is 5.80. The van der Waals surface area contributed by atoms with E-state index in [-0.39, 0.29) is 11.9 Å². The molecule has 27 heavy (non-hydrogen) atoms. The summed E-state index contributed by atoms with van der Waals surface area (Å²) in [5.74, 6) is -0.657. The van der Waals surface area contributed by atoms with E-state index in [2.05, 4.69) is 37.2 Å². The van der Waals surface area contributed by atoms with E-state index < -0.39 is 11.4 Å². The molecule has 1 aliphatic carbocycles. The molecule has 1 aliphatic heterocycles. The standard InChI is InChI=1S/C21H31N3O3/c1-15(2)23(3)12-17-8-5-4-7-16(17)11-22-20(27)24-13-18-9-6-10-21(18,14-24)19(25)26/h4-5,7-8,15,18H,6,9-14H2,1-3H3,(H,22,27)(H,25,26)/t18-,21+/m0/s1. The van der Waals surface area contributed by atoms with Crippen LogP contribution in [-0.2, 0) is 17.9 Å². The zero-order valence-corrected chi connectivity index (χ0v) is 16.6. The topological polar surface area (TPSA) is 72.9 Å². The first-order valence-electron chi connectivity index (χ1n) is 9.86. The lowest BCUT2D eigenvalue weighted by molar-refractivity contribution is -0.149. The lowest BCUT2D eigenvalue weighted by atomic mass is 9.81. The molecule has 1 aromatic carbocycles. The minimum atomic E-state index is -0.748. The highest BCUT2D eigenvalue weighted by Gasteiger charge is 2.55. The fourth-order valence-electron chi connectivity index (χ4n) is 4.41. The van der Waals surface area contributed by atoms with Crippen LogP contribution in [0.3, 0.4) is 0 Å². The number of hydrogen-bond donors (Lipinski definition) is 2. The third kappa shape index (κ3) is 3.95. The van der Waals surface area contributed by atoms with Crippen LogP contribution < -0.4 is 5.32 Å². The predicted molar refractivity (Wildman–Crippen MR) is 104 cm³/mol. The van der Waals surface area contributed by atoms with Crippen molar-refractivity contribution in [3.8, 4) is 0 Å². The summed E-state index contributed by atoms with van der Waals surface area (Å²) in [5.41, 5.74) is 1.58. The van der Waals surface area contributed by atoms with E-state index in [1.165, 1.54) is 5.56 Å². The summed E-state index contributed by atoms with van der Waals surface area (Å²) in [7, 11) is 2.09. The molecule has 2 fully saturated rings. The van der Waals surface area contributed by atoms with Crippen LogP contribution in [0.4, 0.5) is 4.79 Å². The van der Waals surface area contributed by atoms with Gasteiger partial charge in [-0.1, -0.05) is 30.7 Å². The summed E-state index contributed by atoms with van der Waals surface area (Å²) in [6, 6.07) is 8.44. The fraction of sp³-hybridized carbons (Fsp3) is 0.619. The van der Waals surface area contributed by atoms with Crippen molar-refractivity contribution in [3.05, 3.63) is 35.4 Å². The molecule has 1 saturated carbocycles. The van der Waals surface area contributed by atoms with E-state index in [4.69, 9.17) is 0 Å². The maximum atomic E-state index is 12.7. The zero-order valence-electron chi connectivity index (χ0n) is 16.6. The number of benzene rings is 1. The van der Waals surface area contributed by atoms with Gasteiger partial charge in [0.2, 0.25) is 0 Å². The average Bonchev–Trinajstić information content (AvgIpc) is 3.19. The molecule has 0 unspecified atom stereocenters. The Kier molecular flexibility index (Phi) is 5.75. The highest BCUT2D eigenvalue weighted by atomic mass is 16.4. The maximum Gasteiger partial charge on any atom is 0.317 e. The molecule has 0 aromatic heterocycles. The van der Waals surface area contributed by atoms with Gasteiger partial charge in [0.25, 0.3) is 0 Å². The van der Waals surface area contributed by atoms with Crippen molar-refractivity contribution in [2.24, 2.45) is 11.3 Å². The molecular weight excluding hydrogens is 342 g/mol. The van der Waals surface area contributed by atoms with Crippen molar-refractivity contribution in [1.29, 1.82) is 0 Å². The van der Waals surface area contributed by atoms with Gasteiger partial charge in [0, 0.05) is 32.2 Å². The molecular formula is C21H31N3O3. The number of likely N-dealkylation sites (tertiary alicyclic amines) is 1. The fourth-order valence-corrected chi connectivity index (χ4v) is 4.41. The number of amides is 2. The smallest absolute Gasteiger partial charge is 0.317 e. The first-order chi connectivity index (χ1) is 12.8. The average molecular weight is 373 g/mol. The van der Waals surface area contributed by atoms with Crippen LogP contribution in [0.5, 0.6) is 0 Å². The predicted octanol–water partition coefficient (Wildman–Crippen LogP) is 2.92. The van der Waals surface area contributed by atoms with E-state index in [0.29, 0.717) is 32.1 Å². The summed E-state index contributed by atoms with van der Waals surface area (Å²) < 4.78 is 0. The lowest BCUT2D eigenvalue weighted by Crippen LogP contribution is -2.41. The van der Waals surface area contributed by atoms with Gasteiger partial charge in [-0.2, -0.15) is 0 Å². The highest BCUT2D eigenvalue weighted by Crippen LogP contribution is 2.48. The second-order valence-electron chi connectivity index (χ2n) is 8.37. The number of urea groups is 1. The molecule has 148 valence electrons. The molecule has 1 heterocycles.